The monoisotopic (exact) mass is 312 g/mol. The van der Waals surface area contributed by atoms with Crippen molar-refractivity contribution in [3.05, 3.63) is 28.8 Å². The first kappa shape index (κ1) is 15.0. The Balaban J connectivity index is 1.97. The van der Waals surface area contributed by atoms with E-state index in [1.54, 1.807) is 6.07 Å². The molecule has 1 aromatic rings. The lowest BCUT2D eigenvalue weighted by Gasteiger charge is -2.29. The van der Waals surface area contributed by atoms with Gasteiger partial charge in [-0.25, -0.2) is 0 Å². The van der Waals surface area contributed by atoms with Crippen molar-refractivity contribution in [2.45, 2.75) is 25.4 Å². The van der Waals surface area contributed by atoms with Crippen LogP contribution in [-0.4, -0.2) is 42.8 Å². The van der Waals surface area contributed by atoms with Gasteiger partial charge in [0, 0.05) is 32.7 Å². The maximum atomic E-state index is 12.7. The van der Waals surface area contributed by atoms with Gasteiger partial charge in [0.15, 0.2) is 0 Å². The summed E-state index contributed by atoms with van der Waals surface area (Å²) in [5.74, 6) is -1.09. The summed E-state index contributed by atoms with van der Waals surface area (Å²) in [6.07, 6.45) is 0.525. The minimum Gasteiger partial charge on any atom is -0.378 e. The molecule has 1 saturated heterocycles. The molecule has 23 heavy (non-hydrogen) atoms. The van der Waals surface area contributed by atoms with Gasteiger partial charge in [0.1, 0.15) is 12.1 Å². The standard InChI is InChI=1S/C16H16N4O3/c1-19(2)11-5-9(7-17)14-10(6-11)8-20(16(14)23)12-3-4-13(21)18-15(12)22/h5-6,12H,3-4,8H2,1-2H3,(H,18,21,22). The number of carbonyl (C=O) groups is 3. The highest BCUT2D eigenvalue weighted by Gasteiger charge is 2.40. The third-order valence-electron chi connectivity index (χ3n) is 4.24. The van der Waals surface area contributed by atoms with Gasteiger partial charge >= 0.3 is 0 Å². The van der Waals surface area contributed by atoms with Crippen LogP contribution in [0.3, 0.4) is 0 Å². The van der Waals surface area contributed by atoms with Crippen LogP contribution in [0.2, 0.25) is 0 Å². The summed E-state index contributed by atoms with van der Waals surface area (Å²) in [6, 6.07) is 4.93. The zero-order valence-corrected chi connectivity index (χ0v) is 12.9. The van der Waals surface area contributed by atoms with Crippen molar-refractivity contribution in [1.82, 2.24) is 10.2 Å². The van der Waals surface area contributed by atoms with E-state index in [9.17, 15) is 19.6 Å². The van der Waals surface area contributed by atoms with E-state index in [0.717, 1.165) is 11.3 Å². The lowest BCUT2D eigenvalue weighted by Crippen LogP contribution is -2.52. The molecule has 2 aliphatic heterocycles. The molecular weight excluding hydrogens is 296 g/mol. The number of nitrogens with zero attached hydrogens (tertiary/aromatic N) is 3. The van der Waals surface area contributed by atoms with Crippen LogP contribution in [0.5, 0.6) is 0 Å². The number of nitrogens with one attached hydrogen (secondary N) is 1. The Kier molecular flexibility index (Phi) is 3.52. The second kappa shape index (κ2) is 5.39. The number of rotatable bonds is 2. The van der Waals surface area contributed by atoms with Crippen LogP contribution in [0.15, 0.2) is 12.1 Å². The summed E-state index contributed by atoms with van der Waals surface area (Å²) in [7, 11) is 3.72. The lowest BCUT2D eigenvalue weighted by molar-refractivity contribution is -0.136. The van der Waals surface area contributed by atoms with Crippen LogP contribution in [-0.2, 0) is 16.1 Å². The second-order valence-corrected chi connectivity index (χ2v) is 5.93. The number of benzene rings is 1. The Hall–Kier alpha value is -2.88. The normalized spacial score (nSPS) is 20.1. The predicted octanol–water partition coefficient (Wildman–Crippen LogP) is 0.385. The minimum absolute atomic E-state index is 0.213. The summed E-state index contributed by atoms with van der Waals surface area (Å²) in [4.78, 5) is 39.3. The van der Waals surface area contributed by atoms with Gasteiger partial charge in [0.2, 0.25) is 11.8 Å². The van der Waals surface area contributed by atoms with Gasteiger partial charge in [-0.3, -0.25) is 19.7 Å². The molecule has 1 N–H and O–H groups in total. The molecule has 1 atom stereocenters. The van der Waals surface area contributed by atoms with Gasteiger partial charge in [0.05, 0.1) is 11.1 Å². The van der Waals surface area contributed by atoms with Crippen LogP contribution in [0.4, 0.5) is 5.69 Å². The van der Waals surface area contributed by atoms with Crippen molar-refractivity contribution in [3.63, 3.8) is 0 Å². The molecule has 3 rings (SSSR count). The minimum atomic E-state index is -0.665. The molecule has 3 amide bonds. The Morgan fingerprint density at radius 1 is 1.30 bits per heavy atom. The molecule has 0 radical (unpaired) electrons. The topological polar surface area (TPSA) is 93.5 Å². The Morgan fingerprint density at radius 3 is 2.65 bits per heavy atom. The number of hydrogen-bond donors (Lipinski definition) is 1. The summed E-state index contributed by atoms with van der Waals surface area (Å²) in [5.41, 5.74) is 2.24. The second-order valence-electron chi connectivity index (χ2n) is 5.93. The average molecular weight is 312 g/mol. The largest absolute Gasteiger partial charge is 0.378 e. The molecule has 7 heteroatoms. The maximum absolute atomic E-state index is 12.7. The van der Waals surface area contributed by atoms with Gasteiger partial charge < -0.3 is 9.80 Å². The molecule has 0 aliphatic carbocycles. The van der Waals surface area contributed by atoms with Crippen LogP contribution in [0.1, 0.15) is 34.3 Å². The van der Waals surface area contributed by atoms with Crippen molar-refractivity contribution in [3.8, 4) is 6.07 Å². The number of fused-ring (bicyclic) bond motifs is 1. The van der Waals surface area contributed by atoms with E-state index in [1.165, 1.54) is 4.90 Å². The third-order valence-corrected chi connectivity index (χ3v) is 4.24. The first-order chi connectivity index (χ1) is 10.9. The summed E-state index contributed by atoms with van der Waals surface area (Å²) in [6.45, 7) is 0.275. The zero-order valence-electron chi connectivity index (χ0n) is 12.9. The molecule has 7 nitrogen and oxygen atoms in total. The van der Waals surface area contributed by atoms with Gasteiger partial charge in [0.25, 0.3) is 5.91 Å². The predicted molar refractivity (Wildman–Crippen MR) is 81.5 cm³/mol. The quantitative estimate of drug-likeness (QED) is 0.797. The van der Waals surface area contributed by atoms with Crippen LogP contribution >= 0.6 is 0 Å². The van der Waals surface area contributed by atoms with Gasteiger partial charge in [-0.1, -0.05) is 0 Å². The molecule has 0 spiro atoms. The molecule has 0 aromatic heterocycles. The number of nitriles is 1. The number of hydrogen-bond acceptors (Lipinski definition) is 5. The molecule has 1 unspecified atom stereocenters. The fraction of sp³-hybridized carbons (Fsp3) is 0.375. The van der Waals surface area contributed by atoms with Gasteiger partial charge in [-0.15, -0.1) is 0 Å². The summed E-state index contributed by atoms with van der Waals surface area (Å²) < 4.78 is 0. The number of imide groups is 1. The maximum Gasteiger partial charge on any atom is 0.256 e. The highest BCUT2D eigenvalue weighted by molar-refractivity contribution is 6.06. The van der Waals surface area contributed by atoms with Crippen LogP contribution in [0.25, 0.3) is 0 Å². The summed E-state index contributed by atoms with van der Waals surface area (Å²) >= 11 is 0. The Labute approximate surface area is 133 Å². The van der Waals surface area contributed by atoms with E-state index in [4.69, 9.17) is 0 Å². The van der Waals surface area contributed by atoms with Gasteiger partial charge in [-0.2, -0.15) is 5.26 Å². The number of anilines is 1. The average Bonchev–Trinajstić information content (AvgIpc) is 2.83. The molecule has 0 saturated carbocycles. The number of piperidine rings is 1. The van der Waals surface area contributed by atoms with E-state index in [1.807, 2.05) is 25.1 Å². The fourth-order valence-electron chi connectivity index (χ4n) is 3.04. The highest BCUT2D eigenvalue weighted by atomic mass is 16.2. The van der Waals surface area contributed by atoms with Crippen molar-refractivity contribution in [2.75, 3.05) is 19.0 Å². The Morgan fingerprint density at radius 2 is 2.04 bits per heavy atom. The number of carbonyl (C=O) groups excluding carboxylic acids is 3. The highest BCUT2D eigenvalue weighted by Crippen LogP contribution is 2.32. The Bertz CT molecular complexity index is 763. The first-order valence-corrected chi connectivity index (χ1v) is 7.31. The van der Waals surface area contributed by atoms with Crippen molar-refractivity contribution < 1.29 is 14.4 Å². The van der Waals surface area contributed by atoms with E-state index >= 15 is 0 Å². The molecule has 2 heterocycles. The summed E-state index contributed by atoms with van der Waals surface area (Å²) in [5, 5.41) is 11.6. The van der Waals surface area contributed by atoms with Crippen LogP contribution in [0, 0.1) is 11.3 Å². The van der Waals surface area contributed by atoms with Crippen molar-refractivity contribution >= 4 is 23.4 Å². The van der Waals surface area contributed by atoms with E-state index in [-0.39, 0.29) is 24.8 Å². The molecule has 2 aliphatic rings. The van der Waals surface area contributed by atoms with Gasteiger partial charge in [-0.05, 0) is 24.1 Å². The molecule has 118 valence electrons. The van der Waals surface area contributed by atoms with E-state index in [2.05, 4.69) is 11.4 Å². The molecule has 1 fully saturated rings. The lowest BCUT2D eigenvalue weighted by atomic mass is 10.0. The zero-order chi connectivity index (χ0) is 16.7. The first-order valence-electron chi connectivity index (χ1n) is 7.31. The smallest absolute Gasteiger partial charge is 0.256 e. The van der Waals surface area contributed by atoms with E-state index in [0.29, 0.717) is 17.5 Å². The SMILES string of the molecule is CN(C)c1cc(C#N)c2c(c1)CN(C1CCC(=O)NC1=O)C2=O. The molecule has 1 aromatic carbocycles. The van der Waals surface area contributed by atoms with Crippen LogP contribution < -0.4 is 10.2 Å². The third kappa shape index (κ3) is 2.42. The van der Waals surface area contributed by atoms with Crippen molar-refractivity contribution in [1.29, 1.82) is 5.26 Å². The van der Waals surface area contributed by atoms with Crippen molar-refractivity contribution in [2.24, 2.45) is 0 Å². The number of amides is 3. The van der Waals surface area contributed by atoms with E-state index < -0.39 is 11.9 Å². The molecular formula is C16H16N4O3. The fourth-order valence-corrected chi connectivity index (χ4v) is 3.04. The molecule has 0 bridgehead atoms.